The Morgan fingerprint density at radius 2 is 1.50 bits per heavy atom. The molecule has 0 saturated carbocycles. The Bertz CT molecular complexity index is 204. The van der Waals surface area contributed by atoms with Crippen LogP contribution in [0.2, 0.25) is 0 Å². The molecule has 0 radical (unpaired) electrons. The van der Waals surface area contributed by atoms with Gasteiger partial charge in [-0.25, -0.2) is 0 Å². The zero-order chi connectivity index (χ0) is 9.56. The standard InChI is InChI=1S/C6H6O2.C2H7NS/c7-5-3-1-2-4-6(5)8;1-2(3)4/h1-4,7-8H;2,4H,3H2,1H3. The molecule has 0 heterocycles. The molecule has 1 unspecified atom stereocenters. The third-order valence-corrected chi connectivity index (χ3v) is 0.882. The van der Waals surface area contributed by atoms with Gasteiger partial charge in [0, 0.05) is 5.37 Å². The highest BCUT2D eigenvalue weighted by Gasteiger charge is 1.90. The van der Waals surface area contributed by atoms with Crippen molar-refractivity contribution in [3.05, 3.63) is 24.3 Å². The lowest BCUT2D eigenvalue weighted by Crippen LogP contribution is -2.03. The first-order chi connectivity index (χ1) is 5.54. The minimum absolute atomic E-state index is 0.0278. The number of thiol groups is 1. The second-order valence-electron chi connectivity index (χ2n) is 2.23. The minimum atomic E-state index is -0.0764. The molecule has 0 amide bonds. The molecule has 0 aromatic heterocycles. The first-order valence-electron chi connectivity index (χ1n) is 3.44. The van der Waals surface area contributed by atoms with Gasteiger partial charge in [-0.2, -0.15) is 12.6 Å². The number of hydrogen-bond donors (Lipinski definition) is 4. The molecule has 0 fully saturated rings. The monoisotopic (exact) mass is 187 g/mol. The van der Waals surface area contributed by atoms with Gasteiger partial charge in [-0.1, -0.05) is 12.1 Å². The summed E-state index contributed by atoms with van der Waals surface area (Å²) in [5.41, 5.74) is 4.98. The Labute approximate surface area is 77.3 Å². The lowest BCUT2D eigenvalue weighted by molar-refractivity contribution is 0.404. The van der Waals surface area contributed by atoms with Crippen molar-refractivity contribution < 1.29 is 10.2 Å². The number of para-hydroxylation sites is 2. The lowest BCUT2D eigenvalue weighted by Gasteiger charge is -1.91. The summed E-state index contributed by atoms with van der Waals surface area (Å²) in [4.78, 5) is 0. The lowest BCUT2D eigenvalue weighted by atomic mass is 10.3. The van der Waals surface area contributed by atoms with Crippen molar-refractivity contribution in [2.24, 2.45) is 5.73 Å². The number of rotatable bonds is 0. The molecule has 1 rings (SSSR count). The van der Waals surface area contributed by atoms with Crippen LogP contribution >= 0.6 is 12.6 Å². The smallest absolute Gasteiger partial charge is 0.157 e. The van der Waals surface area contributed by atoms with Crippen molar-refractivity contribution in [2.75, 3.05) is 0 Å². The number of phenolic OH excluding ortho intramolecular Hbond substituents is 2. The molecule has 0 aliphatic rings. The predicted molar refractivity (Wildman–Crippen MR) is 52.4 cm³/mol. The number of nitrogens with two attached hydrogens (primary N) is 1. The van der Waals surface area contributed by atoms with E-state index in [1.165, 1.54) is 12.1 Å². The maximum atomic E-state index is 8.67. The molecule has 3 nitrogen and oxygen atoms in total. The maximum absolute atomic E-state index is 8.67. The van der Waals surface area contributed by atoms with Crippen LogP contribution in [0.1, 0.15) is 6.92 Å². The molecular weight excluding hydrogens is 174 g/mol. The predicted octanol–water partition coefficient (Wildman–Crippen LogP) is 1.32. The highest BCUT2D eigenvalue weighted by atomic mass is 32.1. The first kappa shape index (κ1) is 11.1. The quantitative estimate of drug-likeness (QED) is 0.281. The average Bonchev–Trinajstić information content (AvgIpc) is 1.94. The van der Waals surface area contributed by atoms with Gasteiger partial charge >= 0.3 is 0 Å². The van der Waals surface area contributed by atoms with Crippen LogP contribution < -0.4 is 5.73 Å². The summed E-state index contributed by atoms with van der Waals surface area (Å²) in [5.74, 6) is -0.153. The Morgan fingerprint density at radius 3 is 1.67 bits per heavy atom. The van der Waals surface area contributed by atoms with Gasteiger partial charge in [0.05, 0.1) is 0 Å². The van der Waals surface area contributed by atoms with Crippen molar-refractivity contribution >= 4 is 12.6 Å². The van der Waals surface area contributed by atoms with E-state index in [9.17, 15) is 0 Å². The molecule has 4 heteroatoms. The van der Waals surface area contributed by atoms with Crippen molar-refractivity contribution in [3.63, 3.8) is 0 Å². The Hall–Kier alpha value is -0.870. The van der Waals surface area contributed by atoms with Crippen molar-refractivity contribution in [3.8, 4) is 11.5 Å². The van der Waals surface area contributed by atoms with Gasteiger partial charge in [0.25, 0.3) is 0 Å². The fourth-order valence-corrected chi connectivity index (χ4v) is 0.464. The second kappa shape index (κ2) is 5.74. The SMILES string of the molecule is CC(N)S.Oc1ccccc1O. The summed E-state index contributed by atoms with van der Waals surface area (Å²) in [5, 5.41) is 17.4. The molecule has 0 aliphatic carbocycles. The second-order valence-corrected chi connectivity index (χ2v) is 3.04. The molecular formula is C8H13NO2S. The number of benzene rings is 1. The topological polar surface area (TPSA) is 66.5 Å². The molecule has 4 N–H and O–H groups in total. The van der Waals surface area contributed by atoms with E-state index in [2.05, 4.69) is 12.6 Å². The summed E-state index contributed by atoms with van der Waals surface area (Å²) >= 11 is 3.74. The van der Waals surface area contributed by atoms with Gasteiger partial charge in [-0.3, -0.25) is 0 Å². The third kappa shape index (κ3) is 5.88. The summed E-state index contributed by atoms with van der Waals surface area (Å²) < 4.78 is 0. The first-order valence-corrected chi connectivity index (χ1v) is 3.96. The fraction of sp³-hybridized carbons (Fsp3) is 0.250. The van der Waals surface area contributed by atoms with Gasteiger partial charge in [-0.15, -0.1) is 0 Å². The van der Waals surface area contributed by atoms with E-state index in [0.717, 1.165) is 0 Å². The van der Waals surface area contributed by atoms with E-state index < -0.39 is 0 Å². The fourth-order valence-electron chi connectivity index (χ4n) is 0.464. The van der Waals surface area contributed by atoms with Crippen LogP contribution in [0.3, 0.4) is 0 Å². The molecule has 1 atom stereocenters. The normalized spacial score (nSPS) is 11.2. The van der Waals surface area contributed by atoms with Gasteiger partial charge in [0.1, 0.15) is 0 Å². The largest absolute Gasteiger partial charge is 0.504 e. The van der Waals surface area contributed by atoms with E-state index in [0.29, 0.717) is 0 Å². The summed E-state index contributed by atoms with van der Waals surface area (Å²) in [6, 6.07) is 6.15. The van der Waals surface area contributed by atoms with Gasteiger partial charge in [0.2, 0.25) is 0 Å². The van der Waals surface area contributed by atoms with Crippen molar-refractivity contribution in [1.29, 1.82) is 0 Å². The zero-order valence-electron chi connectivity index (χ0n) is 6.81. The number of phenols is 2. The molecule has 1 aromatic carbocycles. The van der Waals surface area contributed by atoms with Crippen LogP contribution in [0.5, 0.6) is 11.5 Å². The molecule has 68 valence electrons. The Morgan fingerprint density at radius 1 is 1.25 bits per heavy atom. The van der Waals surface area contributed by atoms with E-state index in [4.69, 9.17) is 15.9 Å². The van der Waals surface area contributed by atoms with E-state index >= 15 is 0 Å². The molecule has 12 heavy (non-hydrogen) atoms. The highest BCUT2D eigenvalue weighted by molar-refractivity contribution is 7.80. The van der Waals surface area contributed by atoms with Gasteiger partial charge < -0.3 is 15.9 Å². The molecule has 0 aliphatic heterocycles. The van der Waals surface area contributed by atoms with Gasteiger partial charge in [0.15, 0.2) is 11.5 Å². The average molecular weight is 187 g/mol. The third-order valence-electron chi connectivity index (χ3n) is 0.882. The van der Waals surface area contributed by atoms with Crippen molar-refractivity contribution in [2.45, 2.75) is 12.3 Å². The highest BCUT2D eigenvalue weighted by Crippen LogP contribution is 2.21. The van der Waals surface area contributed by atoms with Crippen LogP contribution in [0.4, 0.5) is 0 Å². The number of aromatic hydroxyl groups is 2. The Kier molecular flexibility index (Phi) is 5.32. The molecule has 0 bridgehead atoms. The van der Waals surface area contributed by atoms with Crippen LogP contribution in [-0.4, -0.2) is 15.6 Å². The summed E-state index contributed by atoms with van der Waals surface area (Å²) in [6.45, 7) is 1.81. The zero-order valence-corrected chi connectivity index (χ0v) is 7.70. The molecule has 0 spiro atoms. The summed E-state index contributed by atoms with van der Waals surface area (Å²) in [6.07, 6.45) is 0. The molecule has 0 saturated heterocycles. The van der Waals surface area contributed by atoms with Crippen LogP contribution in [0, 0.1) is 0 Å². The molecule has 1 aromatic rings. The summed E-state index contributed by atoms with van der Waals surface area (Å²) in [7, 11) is 0. The van der Waals surface area contributed by atoms with Gasteiger partial charge in [-0.05, 0) is 19.1 Å². The maximum Gasteiger partial charge on any atom is 0.157 e. The van der Waals surface area contributed by atoms with E-state index in [-0.39, 0.29) is 16.9 Å². The number of hydrogen-bond acceptors (Lipinski definition) is 4. The minimum Gasteiger partial charge on any atom is -0.504 e. The Balaban J connectivity index is 0.000000261. The van der Waals surface area contributed by atoms with Crippen LogP contribution in [-0.2, 0) is 0 Å². The van der Waals surface area contributed by atoms with E-state index in [1.54, 1.807) is 12.1 Å². The van der Waals surface area contributed by atoms with Crippen LogP contribution in [0.25, 0.3) is 0 Å². The van der Waals surface area contributed by atoms with Crippen molar-refractivity contribution in [1.82, 2.24) is 0 Å². The van der Waals surface area contributed by atoms with E-state index in [1.807, 2.05) is 6.92 Å². The van der Waals surface area contributed by atoms with Crippen LogP contribution in [0.15, 0.2) is 24.3 Å².